The van der Waals surface area contributed by atoms with Crippen LogP contribution in [0.3, 0.4) is 0 Å². The molecule has 0 heterocycles. The van der Waals surface area contributed by atoms with Crippen LogP contribution in [0.25, 0.3) is 0 Å². The van der Waals surface area contributed by atoms with E-state index in [1.807, 2.05) is 0 Å². The second-order valence-electron chi connectivity index (χ2n) is 4.30. The number of likely N-dealkylation sites (N-methyl/N-ethyl adjacent to an activating group) is 1. The number of unbranched alkanes of at least 4 members (excludes halogenated alkanes) is 1. The lowest BCUT2D eigenvalue weighted by atomic mass is 10.2. The first-order valence-corrected chi connectivity index (χ1v) is 6.17. The third-order valence-electron chi connectivity index (χ3n) is 3.40. The van der Waals surface area contributed by atoms with E-state index < -0.39 is 0 Å². The van der Waals surface area contributed by atoms with E-state index in [9.17, 15) is 5.11 Å². The van der Waals surface area contributed by atoms with Crippen LogP contribution < -0.4 is 0 Å². The van der Waals surface area contributed by atoms with Gasteiger partial charge in [0.25, 0.3) is 0 Å². The molecule has 0 rings (SSSR count). The molecule has 0 aliphatic rings. The van der Waals surface area contributed by atoms with Gasteiger partial charge in [-0.2, -0.15) is 0 Å². The Morgan fingerprint density at radius 2 is 1.64 bits per heavy atom. The van der Waals surface area contributed by atoms with Crippen molar-refractivity contribution in [1.82, 2.24) is 0 Å². The molecule has 0 aliphatic carbocycles. The Hall–Kier alpha value is -0.0800. The predicted molar refractivity (Wildman–Crippen MR) is 62.3 cm³/mol. The molecular formula is C12H28NO+. The average Bonchev–Trinajstić information content (AvgIpc) is 2.24. The van der Waals surface area contributed by atoms with E-state index >= 15 is 0 Å². The minimum atomic E-state index is -0.119. The van der Waals surface area contributed by atoms with Crippen LogP contribution in [0.15, 0.2) is 0 Å². The summed E-state index contributed by atoms with van der Waals surface area (Å²) in [6.07, 6.45) is 3.29. The Labute approximate surface area is 89.5 Å². The third-order valence-corrected chi connectivity index (χ3v) is 3.40. The van der Waals surface area contributed by atoms with Crippen molar-refractivity contribution < 1.29 is 9.59 Å². The van der Waals surface area contributed by atoms with Gasteiger partial charge in [-0.15, -0.1) is 0 Å². The predicted octanol–water partition coefficient (Wildman–Crippen LogP) is 2.41. The maximum atomic E-state index is 9.74. The van der Waals surface area contributed by atoms with Crippen LogP contribution in [-0.4, -0.2) is 41.9 Å². The topological polar surface area (TPSA) is 20.2 Å². The highest BCUT2D eigenvalue weighted by Gasteiger charge is 2.25. The molecule has 0 saturated carbocycles. The highest BCUT2D eigenvalue weighted by Crippen LogP contribution is 2.11. The van der Waals surface area contributed by atoms with Gasteiger partial charge in [-0.3, -0.25) is 0 Å². The first-order valence-electron chi connectivity index (χ1n) is 6.17. The lowest BCUT2D eigenvalue weighted by Crippen LogP contribution is -2.52. The molecule has 0 spiro atoms. The summed E-state index contributed by atoms with van der Waals surface area (Å²) in [4.78, 5) is 0. The molecule has 2 heteroatoms. The molecule has 0 aromatic carbocycles. The molecule has 1 unspecified atom stereocenters. The van der Waals surface area contributed by atoms with Gasteiger partial charge < -0.3 is 9.59 Å². The average molecular weight is 202 g/mol. The number of nitrogens with zero attached hydrogens (tertiary/aromatic N) is 1. The first-order chi connectivity index (χ1) is 6.64. The molecule has 1 atom stereocenters. The van der Waals surface area contributed by atoms with E-state index in [0.717, 1.165) is 30.5 Å². The third kappa shape index (κ3) is 4.43. The van der Waals surface area contributed by atoms with Gasteiger partial charge in [0.05, 0.1) is 19.6 Å². The van der Waals surface area contributed by atoms with Crippen LogP contribution in [0.4, 0.5) is 0 Å². The molecule has 0 aliphatic heterocycles. The van der Waals surface area contributed by atoms with Crippen molar-refractivity contribution >= 4 is 0 Å². The zero-order chi connectivity index (χ0) is 11.0. The Kier molecular flexibility index (Phi) is 7.20. The minimum Gasteiger partial charge on any atom is -0.387 e. The SMILES string of the molecule is CCCC[N+](CC)(CC)CC(O)CC. The molecule has 0 amide bonds. The molecule has 0 aromatic rings. The number of aliphatic hydroxyl groups is 1. The second-order valence-corrected chi connectivity index (χ2v) is 4.30. The fourth-order valence-corrected chi connectivity index (χ4v) is 1.96. The highest BCUT2D eigenvalue weighted by molar-refractivity contribution is 4.52. The molecule has 0 bridgehead atoms. The Bertz CT molecular complexity index is 132. The van der Waals surface area contributed by atoms with Gasteiger partial charge in [-0.1, -0.05) is 20.3 Å². The normalized spacial score (nSPS) is 14.4. The summed E-state index contributed by atoms with van der Waals surface area (Å²) in [5, 5.41) is 9.74. The van der Waals surface area contributed by atoms with E-state index in [-0.39, 0.29) is 6.10 Å². The molecule has 0 radical (unpaired) electrons. The van der Waals surface area contributed by atoms with Crippen molar-refractivity contribution in [2.24, 2.45) is 0 Å². The van der Waals surface area contributed by atoms with Crippen LogP contribution in [-0.2, 0) is 0 Å². The summed E-state index contributed by atoms with van der Waals surface area (Å²) in [5.74, 6) is 0. The summed E-state index contributed by atoms with van der Waals surface area (Å²) < 4.78 is 1.09. The summed E-state index contributed by atoms with van der Waals surface area (Å²) in [7, 11) is 0. The maximum Gasteiger partial charge on any atom is 0.105 e. The van der Waals surface area contributed by atoms with Crippen LogP contribution in [0.2, 0.25) is 0 Å². The molecule has 86 valence electrons. The minimum absolute atomic E-state index is 0.119. The van der Waals surface area contributed by atoms with Crippen LogP contribution in [0, 0.1) is 0 Å². The number of hydrogen-bond acceptors (Lipinski definition) is 1. The summed E-state index contributed by atoms with van der Waals surface area (Å²) in [6.45, 7) is 13.2. The van der Waals surface area contributed by atoms with Gasteiger partial charge in [0.1, 0.15) is 12.6 Å². The molecule has 1 N–H and O–H groups in total. The van der Waals surface area contributed by atoms with E-state index in [0.29, 0.717) is 0 Å². The molecule has 0 aromatic heterocycles. The zero-order valence-electron chi connectivity index (χ0n) is 10.4. The summed E-state index contributed by atoms with van der Waals surface area (Å²) in [5.41, 5.74) is 0. The summed E-state index contributed by atoms with van der Waals surface area (Å²) in [6, 6.07) is 0. The number of hydrogen-bond donors (Lipinski definition) is 1. The molecule has 0 fully saturated rings. The Morgan fingerprint density at radius 1 is 1.07 bits per heavy atom. The monoisotopic (exact) mass is 202 g/mol. The fourth-order valence-electron chi connectivity index (χ4n) is 1.96. The van der Waals surface area contributed by atoms with Gasteiger partial charge in [0.2, 0.25) is 0 Å². The van der Waals surface area contributed by atoms with E-state index in [4.69, 9.17) is 0 Å². The fraction of sp³-hybridized carbons (Fsp3) is 1.00. The van der Waals surface area contributed by atoms with Crippen molar-refractivity contribution in [2.45, 2.75) is 53.1 Å². The Morgan fingerprint density at radius 3 is 2.00 bits per heavy atom. The number of aliphatic hydroxyl groups excluding tert-OH is 1. The first kappa shape index (κ1) is 13.9. The van der Waals surface area contributed by atoms with Gasteiger partial charge in [0, 0.05) is 0 Å². The van der Waals surface area contributed by atoms with Crippen molar-refractivity contribution in [3.05, 3.63) is 0 Å². The largest absolute Gasteiger partial charge is 0.387 e. The van der Waals surface area contributed by atoms with Crippen LogP contribution in [0.1, 0.15) is 47.0 Å². The summed E-state index contributed by atoms with van der Waals surface area (Å²) >= 11 is 0. The lowest BCUT2D eigenvalue weighted by Gasteiger charge is -2.38. The van der Waals surface area contributed by atoms with E-state index in [1.165, 1.54) is 19.4 Å². The van der Waals surface area contributed by atoms with Crippen molar-refractivity contribution in [3.8, 4) is 0 Å². The van der Waals surface area contributed by atoms with Crippen LogP contribution in [0.5, 0.6) is 0 Å². The molecule has 0 saturated heterocycles. The van der Waals surface area contributed by atoms with Gasteiger partial charge in [-0.25, -0.2) is 0 Å². The van der Waals surface area contributed by atoms with E-state index in [2.05, 4.69) is 27.7 Å². The zero-order valence-corrected chi connectivity index (χ0v) is 10.4. The molecule has 2 nitrogen and oxygen atoms in total. The lowest BCUT2D eigenvalue weighted by molar-refractivity contribution is -0.927. The van der Waals surface area contributed by atoms with Crippen molar-refractivity contribution in [3.63, 3.8) is 0 Å². The number of rotatable bonds is 8. The second kappa shape index (κ2) is 7.24. The quantitative estimate of drug-likeness (QED) is 0.599. The van der Waals surface area contributed by atoms with Gasteiger partial charge in [0.15, 0.2) is 0 Å². The molecular weight excluding hydrogens is 174 g/mol. The number of quaternary nitrogens is 1. The molecule has 14 heavy (non-hydrogen) atoms. The van der Waals surface area contributed by atoms with Gasteiger partial charge in [-0.05, 0) is 26.7 Å². The van der Waals surface area contributed by atoms with Gasteiger partial charge >= 0.3 is 0 Å². The highest BCUT2D eigenvalue weighted by atomic mass is 16.3. The smallest absolute Gasteiger partial charge is 0.105 e. The van der Waals surface area contributed by atoms with Crippen LogP contribution >= 0.6 is 0 Å². The maximum absolute atomic E-state index is 9.74. The van der Waals surface area contributed by atoms with Crippen molar-refractivity contribution in [1.29, 1.82) is 0 Å². The van der Waals surface area contributed by atoms with Crippen molar-refractivity contribution in [2.75, 3.05) is 26.2 Å². The standard InChI is InChI=1S/C12H28NO/c1-5-9-10-13(7-3,8-4)11-12(14)6-2/h12,14H,5-11H2,1-4H3/q+1. The Balaban J connectivity index is 4.20. The van der Waals surface area contributed by atoms with E-state index in [1.54, 1.807) is 0 Å².